The van der Waals surface area contributed by atoms with Gasteiger partial charge in [-0.05, 0) is 23.5 Å². The van der Waals surface area contributed by atoms with Gasteiger partial charge in [-0.1, -0.05) is 37.0 Å². The van der Waals surface area contributed by atoms with Crippen molar-refractivity contribution in [2.24, 2.45) is 0 Å². The van der Waals surface area contributed by atoms with Crippen LogP contribution in [0.2, 0.25) is 10.2 Å². The Bertz CT molecular complexity index is 1280. The number of fused-ring (bicyclic) bond motifs is 3. The van der Waals surface area contributed by atoms with Gasteiger partial charge >= 0.3 is 0 Å². The fourth-order valence-corrected chi connectivity index (χ4v) is 4.45. The van der Waals surface area contributed by atoms with Gasteiger partial charge in [-0.3, -0.25) is 4.79 Å². The second-order valence-electron chi connectivity index (χ2n) is 7.78. The molecular formula is C19H16Cl2N8O. The van der Waals surface area contributed by atoms with E-state index in [1.54, 1.807) is 23.0 Å². The van der Waals surface area contributed by atoms with Crippen molar-refractivity contribution in [1.29, 1.82) is 0 Å². The van der Waals surface area contributed by atoms with Gasteiger partial charge in [0.15, 0.2) is 11.5 Å². The molecule has 1 atom stereocenters. The molecule has 4 heterocycles. The van der Waals surface area contributed by atoms with Gasteiger partial charge in [0, 0.05) is 5.56 Å². The van der Waals surface area contributed by atoms with Gasteiger partial charge in [-0.15, -0.1) is 4.80 Å². The van der Waals surface area contributed by atoms with Crippen molar-refractivity contribution in [2.75, 3.05) is 5.32 Å². The first kappa shape index (κ1) is 19.0. The van der Waals surface area contributed by atoms with Crippen LogP contribution in [0.15, 0.2) is 37.1 Å². The van der Waals surface area contributed by atoms with Gasteiger partial charge in [0.1, 0.15) is 5.15 Å². The second-order valence-corrected chi connectivity index (χ2v) is 8.58. The summed E-state index contributed by atoms with van der Waals surface area (Å²) in [6.07, 6.45) is 8.59. The molecule has 0 bridgehead atoms. The number of imidazole rings is 1. The first-order valence-corrected chi connectivity index (χ1v) is 9.96. The molecule has 4 aromatic heterocycles. The predicted octanol–water partition coefficient (Wildman–Crippen LogP) is 3.42. The average molecular weight is 443 g/mol. The number of hydrogen-bond acceptors (Lipinski definition) is 6. The largest absolute Gasteiger partial charge is 0.324 e. The highest BCUT2D eigenvalue weighted by atomic mass is 35.5. The minimum Gasteiger partial charge on any atom is -0.324 e. The van der Waals surface area contributed by atoms with E-state index in [2.05, 4.69) is 44.4 Å². The first-order valence-electron chi connectivity index (χ1n) is 9.21. The van der Waals surface area contributed by atoms with Gasteiger partial charge in [-0.2, -0.15) is 15.3 Å². The van der Waals surface area contributed by atoms with Crippen LogP contribution in [0.25, 0.3) is 11.5 Å². The Labute approximate surface area is 181 Å². The summed E-state index contributed by atoms with van der Waals surface area (Å²) in [5.41, 5.74) is 2.75. The summed E-state index contributed by atoms with van der Waals surface area (Å²) in [7, 11) is 0. The molecule has 30 heavy (non-hydrogen) atoms. The van der Waals surface area contributed by atoms with E-state index < -0.39 is 0 Å². The number of nitrogens with zero attached hydrogens (tertiary/aromatic N) is 7. The minimum absolute atomic E-state index is 0.159. The van der Waals surface area contributed by atoms with Crippen LogP contribution in [0.3, 0.4) is 0 Å². The lowest BCUT2D eigenvalue weighted by Gasteiger charge is -2.19. The van der Waals surface area contributed by atoms with Crippen molar-refractivity contribution >= 4 is 40.4 Å². The van der Waals surface area contributed by atoms with Gasteiger partial charge in [-0.25, -0.2) is 14.5 Å². The highest BCUT2D eigenvalue weighted by molar-refractivity contribution is 6.32. The second kappa shape index (κ2) is 6.75. The number of carbonyl (C=O) groups excluding carboxylic acids is 1. The zero-order valence-corrected chi connectivity index (χ0v) is 17.6. The van der Waals surface area contributed by atoms with E-state index in [9.17, 15) is 4.79 Å². The Kier molecular flexibility index (Phi) is 4.26. The van der Waals surface area contributed by atoms with E-state index in [0.29, 0.717) is 33.7 Å². The smallest absolute Gasteiger partial charge is 0.232 e. The van der Waals surface area contributed by atoms with E-state index in [4.69, 9.17) is 23.2 Å². The van der Waals surface area contributed by atoms with Gasteiger partial charge in [0.05, 0.1) is 47.6 Å². The van der Waals surface area contributed by atoms with Gasteiger partial charge < -0.3 is 5.32 Å². The SMILES string of the molecule is CC1(C)CC(C(=O)Nc2cnc(-n3nccn3)c(Cl)c2)c2cnn3cc(Cl)nc3c21. The van der Waals surface area contributed by atoms with E-state index in [1.165, 1.54) is 23.4 Å². The number of pyridine rings is 1. The van der Waals surface area contributed by atoms with E-state index in [1.807, 2.05) is 0 Å². The molecule has 11 heteroatoms. The predicted molar refractivity (Wildman–Crippen MR) is 111 cm³/mol. The summed E-state index contributed by atoms with van der Waals surface area (Å²) in [6, 6.07) is 1.63. The maximum absolute atomic E-state index is 13.1. The molecular weight excluding hydrogens is 427 g/mol. The Hall–Kier alpha value is -3.04. The van der Waals surface area contributed by atoms with Crippen molar-refractivity contribution < 1.29 is 4.79 Å². The van der Waals surface area contributed by atoms with Crippen molar-refractivity contribution in [2.45, 2.75) is 31.6 Å². The average Bonchev–Trinajstić information content (AvgIpc) is 3.39. The third-order valence-electron chi connectivity index (χ3n) is 5.27. The number of halogens is 2. The zero-order valence-electron chi connectivity index (χ0n) is 16.0. The molecule has 0 spiro atoms. The molecule has 1 amide bonds. The molecule has 0 radical (unpaired) electrons. The summed E-state index contributed by atoms with van der Waals surface area (Å²) in [5, 5.41) is 16.0. The molecule has 0 fully saturated rings. The molecule has 0 saturated heterocycles. The van der Waals surface area contributed by atoms with Crippen molar-refractivity contribution in [1.82, 2.24) is 34.6 Å². The Balaban J connectivity index is 1.46. The monoisotopic (exact) mass is 442 g/mol. The molecule has 0 saturated carbocycles. The maximum Gasteiger partial charge on any atom is 0.232 e. The molecule has 0 aromatic carbocycles. The topological polar surface area (TPSA) is 103 Å². The standard InChI is InChI=1S/C19H16Cl2N8O/c1-19(2)6-11(12-8-25-28-9-14(21)27-17(28)15(12)19)18(30)26-10-5-13(20)16(22-7-10)29-23-3-4-24-29/h3-5,7-9,11H,6H2,1-2H3,(H,26,30). The molecule has 0 aliphatic heterocycles. The van der Waals surface area contributed by atoms with E-state index >= 15 is 0 Å². The lowest BCUT2D eigenvalue weighted by atomic mass is 9.86. The molecule has 1 N–H and O–H groups in total. The molecule has 4 aromatic rings. The summed E-state index contributed by atoms with van der Waals surface area (Å²) in [4.78, 5) is 23.1. The van der Waals surface area contributed by atoms with Crippen LogP contribution >= 0.6 is 23.2 Å². The molecule has 5 rings (SSSR count). The molecule has 1 unspecified atom stereocenters. The Morgan fingerprint density at radius 2 is 1.97 bits per heavy atom. The first-order chi connectivity index (χ1) is 14.3. The number of aromatic nitrogens is 7. The normalized spacial score (nSPS) is 17.3. The van der Waals surface area contributed by atoms with Crippen molar-refractivity contribution in [3.05, 3.63) is 58.4 Å². The summed E-state index contributed by atoms with van der Waals surface area (Å²) in [6.45, 7) is 4.18. The lowest BCUT2D eigenvalue weighted by molar-refractivity contribution is -0.117. The highest BCUT2D eigenvalue weighted by Gasteiger charge is 2.43. The van der Waals surface area contributed by atoms with Crippen molar-refractivity contribution in [3.8, 4) is 5.82 Å². The lowest BCUT2D eigenvalue weighted by Crippen LogP contribution is -2.21. The molecule has 1 aliphatic rings. The van der Waals surface area contributed by atoms with Gasteiger partial charge in [0.25, 0.3) is 0 Å². The number of hydrogen-bond donors (Lipinski definition) is 1. The summed E-state index contributed by atoms with van der Waals surface area (Å²) < 4.78 is 1.65. The van der Waals surface area contributed by atoms with Crippen LogP contribution < -0.4 is 5.32 Å². The fraction of sp³-hybridized carbons (Fsp3) is 0.263. The number of rotatable bonds is 3. The van der Waals surface area contributed by atoms with Crippen LogP contribution in [0.1, 0.15) is 37.3 Å². The zero-order chi connectivity index (χ0) is 21.0. The van der Waals surface area contributed by atoms with Crippen LogP contribution in [-0.4, -0.2) is 40.5 Å². The summed E-state index contributed by atoms with van der Waals surface area (Å²) in [5.74, 6) is -0.155. The number of anilines is 1. The number of nitrogens with one attached hydrogen (secondary N) is 1. The maximum atomic E-state index is 13.1. The van der Waals surface area contributed by atoms with Crippen LogP contribution in [-0.2, 0) is 10.2 Å². The third kappa shape index (κ3) is 3.01. The van der Waals surface area contributed by atoms with Crippen LogP contribution in [0.5, 0.6) is 0 Å². The number of carbonyl (C=O) groups is 1. The minimum atomic E-state index is -0.380. The Morgan fingerprint density at radius 3 is 2.70 bits per heavy atom. The van der Waals surface area contributed by atoms with E-state index in [-0.39, 0.29) is 17.2 Å². The summed E-state index contributed by atoms with van der Waals surface area (Å²) >= 11 is 12.4. The van der Waals surface area contributed by atoms with Crippen LogP contribution in [0, 0.1) is 0 Å². The van der Waals surface area contributed by atoms with Crippen molar-refractivity contribution in [3.63, 3.8) is 0 Å². The molecule has 9 nitrogen and oxygen atoms in total. The number of amides is 1. The molecule has 152 valence electrons. The van der Waals surface area contributed by atoms with E-state index in [0.717, 1.165) is 11.1 Å². The third-order valence-corrected chi connectivity index (χ3v) is 5.73. The fourth-order valence-electron chi connectivity index (χ4n) is 4.03. The molecule has 1 aliphatic carbocycles. The highest BCUT2D eigenvalue weighted by Crippen LogP contribution is 2.47. The van der Waals surface area contributed by atoms with Crippen LogP contribution in [0.4, 0.5) is 5.69 Å². The van der Waals surface area contributed by atoms with Gasteiger partial charge in [0.2, 0.25) is 5.91 Å². The quantitative estimate of drug-likeness (QED) is 0.521. The Morgan fingerprint density at radius 1 is 1.20 bits per heavy atom.